The topological polar surface area (TPSA) is 105 Å². The zero-order valence-corrected chi connectivity index (χ0v) is 64.5. The first kappa shape index (κ1) is 92.4. The summed E-state index contributed by atoms with van der Waals surface area (Å²) >= 11 is 0. The van der Waals surface area contributed by atoms with Crippen molar-refractivity contribution in [3.63, 3.8) is 0 Å². The van der Waals surface area contributed by atoms with Crippen LogP contribution >= 0.6 is 7.82 Å². The van der Waals surface area contributed by atoms with Crippen LogP contribution in [0.2, 0.25) is 0 Å². The Hall–Kier alpha value is -2.58. The van der Waals surface area contributed by atoms with Gasteiger partial charge in [-0.2, -0.15) is 0 Å². The number of phosphoric acid groups is 1. The Morgan fingerprint density at radius 3 is 0.968 bits per heavy atom. The molecule has 0 radical (unpaired) electrons. The van der Waals surface area contributed by atoms with E-state index < -0.39 is 20.0 Å². The molecule has 0 heterocycles. The Balaban J connectivity index is 3.97. The van der Waals surface area contributed by atoms with E-state index in [9.17, 15) is 19.4 Å². The van der Waals surface area contributed by atoms with Crippen LogP contribution < -0.4 is 5.32 Å². The van der Waals surface area contributed by atoms with Crippen LogP contribution in [0.1, 0.15) is 393 Å². The number of allylic oxidation sites excluding steroid dienone is 15. The molecule has 0 saturated carbocycles. The SMILES string of the molecule is CC/C=C\C/C=C\C/C=C\C/C=C\C/C=C\C/C=C\CCCCCCCCCCCCCCCCCCCCCCCCC(=O)NC(COP(=O)(O)OCC[N+](C)(C)C)C(O)/C=C/CC/C=C/CCCCCCCCCCCCCCCCCCCCCCCCCCCC. The lowest BCUT2D eigenvalue weighted by atomic mass is 10.0. The maximum Gasteiger partial charge on any atom is 0.472 e. The Bertz CT molecular complexity index is 1880. The molecule has 0 aliphatic heterocycles. The van der Waals surface area contributed by atoms with Crippen molar-refractivity contribution in [1.29, 1.82) is 0 Å². The Morgan fingerprint density at radius 1 is 0.368 bits per heavy atom. The van der Waals surface area contributed by atoms with Crippen molar-refractivity contribution < 1.29 is 32.9 Å². The fraction of sp³-hybridized carbons (Fsp3) is 0.802. The number of hydrogen-bond donors (Lipinski definition) is 3. The predicted molar refractivity (Wildman–Crippen MR) is 419 cm³/mol. The summed E-state index contributed by atoms with van der Waals surface area (Å²) in [4.78, 5) is 23.5. The van der Waals surface area contributed by atoms with E-state index in [-0.39, 0.29) is 19.1 Å². The second-order valence-corrected chi connectivity index (χ2v) is 30.6. The summed E-state index contributed by atoms with van der Waals surface area (Å²) in [6.07, 6.45) is 110. The van der Waals surface area contributed by atoms with E-state index in [1.165, 1.54) is 295 Å². The summed E-state index contributed by atoms with van der Waals surface area (Å²) in [6.45, 7) is 4.73. The van der Waals surface area contributed by atoms with Gasteiger partial charge in [-0.3, -0.25) is 13.8 Å². The third-order valence-electron chi connectivity index (χ3n) is 18.5. The van der Waals surface area contributed by atoms with Crippen molar-refractivity contribution in [1.82, 2.24) is 5.32 Å². The molecule has 9 heteroatoms. The van der Waals surface area contributed by atoms with Crippen molar-refractivity contribution in [2.24, 2.45) is 0 Å². The number of amides is 1. The molecule has 0 aromatic heterocycles. The lowest BCUT2D eigenvalue weighted by Crippen LogP contribution is -2.45. The molecule has 0 aromatic rings. The van der Waals surface area contributed by atoms with Gasteiger partial charge in [0.25, 0.3) is 0 Å². The van der Waals surface area contributed by atoms with Gasteiger partial charge in [0, 0.05) is 6.42 Å². The fourth-order valence-electron chi connectivity index (χ4n) is 12.2. The van der Waals surface area contributed by atoms with Crippen LogP contribution in [0.15, 0.2) is 97.2 Å². The van der Waals surface area contributed by atoms with Crippen molar-refractivity contribution in [2.45, 2.75) is 405 Å². The molecule has 0 saturated heterocycles. The molecule has 0 fully saturated rings. The number of aliphatic hydroxyl groups is 1. The molecule has 0 aromatic carbocycles. The average Bonchev–Trinajstić information content (AvgIpc) is 2.01. The third-order valence-corrected chi connectivity index (χ3v) is 19.5. The van der Waals surface area contributed by atoms with Crippen LogP contribution in [-0.2, 0) is 18.4 Å². The van der Waals surface area contributed by atoms with Gasteiger partial charge >= 0.3 is 7.82 Å². The maximum absolute atomic E-state index is 13.1. The molecule has 3 unspecified atom stereocenters. The largest absolute Gasteiger partial charge is 0.472 e. The second-order valence-electron chi connectivity index (χ2n) is 29.1. The lowest BCUT2D eigenvalue weighted by molar-refractivity contribution is -0.870. The van der Waals surface area contributed by atoms with Gasteiger partial charge in [0.05, 0.1) is 39.9 Å². The van der Waals surface area contributed by atoms with Crippen molar-refractivity contribution >= 4 is 13.7 Å². The normalized spacial score (nSPS) is 14.0. The molecule has 0 bridgehead atoms. The number of hydrogen-bond acceptors (Lipinski definition) is 5. The first-order valence-electron chi connectivity index (χ1n) is 41.1. The first-order valence-corrected chi connectivity index (χ1v) is 42.6. The van der Waals surface area contributed by atoms with E-state index in [1.807, 2.05) is 27.2 Å². The van der Waals surface area contributed by atoms with Crippen LogP contribution in [0.25, 0.3) is 0 Å². The minimum absolute atomic E-state index is 0.0556. The number of carbonyl (C=O) groups is 1. The first-order chi connectivity index (χ1) is 46.5. The third kappa shape index (κ3) is 78.6. The number of likely N-dealkylation sites (N-methyl/N-ethyl adjacent to an activating group) is 1. The summed E-state index contributed by atoms with van der Waals surface area (Å²) in [6, 6.07) is -0.868. The molecule has 8 nitrogen and oxygen atoms in total. The van der Waals surface area contributed by atoms with Crippen molar-refractivity contribution in [3.05, 3.63) is 97.2 Å². The highest BCUT2D eigenvalue weighted by Crippen LogP contribution is 2.43. The van der Waals surface area contributed by atoms with Crippen LogP contribution in [0.3, 0.4) is 0 Å². The number of carbonyl (C=O) groups excluding carboxylic acids is 1. The number of nitrogens with one attached hydrogen (secondary N) is 1. The summed E-state index contributed by atoms with van der Waals surface area (Å²) in [7, 11) is 1.57. The molecule has 3 N–H and O–H groups in total. The molecule has 3 atom stereocenters. The zero-order valence-electron chi connectivity index (χ0n) is 63.7. The molecule has 0 rings (SSSR count). The standard InChI is InChI=1S/C86H159N2O6P/c1-6-8-10-12-14-16-18-20-22-24-26-28-30-32-34-36-38-40-41-42-43-44-45-46-47-48-50-52-54-56-58-60-62-64-66-68-70-72-74-76-78-80-86(90)87-84(83-94-95(91,92)93-82-81-88(3,4)5)85(89)79-77-75-73-71-69-67-65-63-61-59-57-55-53-51-49-39-37-35-33-31-29-27-25-23-21-19-17-15-13-11-9-7-2/h8,10,14,16,20,22,26,28,32,34,38,40,69,71,77,79,84-85,89H,6-7,9,11-13,15,17-19,21,23-25,27,29-31,33,35-37,39,41-68,70,72-76,78,80-83H2,1-5H3,(H-,87,90,91,92)/p+1/b10-8-,16-14-,22-20-,28-26-,34-32-,40-38-,71-69+,79-77+. The van der Waals surface area contributed by atoms with Gasteiger partial charge in [-0.1, -0.05) is 400 Å². The van der Waals surface area contributed by atoms with Crippen LogP contribution in [-0.4, -0.2) is 73.4 Å². The highest BCUT2D eigenvalue weighted by molar-refractivity contribution is 7.47. The average molecular weight is 1350 g/mol. The van der Waals surface area contributed by atoms with Crippen LogP contribution in [0.4, 0.5) is 0 Å². The fourth-order valence-corrected chi connectivity index (χ4v) is 13.0. The van der Waals surface area contributed by atoms with Gasteiger partial charge in [-0.05, 0) is 83.5 Å². The molecule has 0 spiro atoms. The van der Waals surface area contributed by atoms with Crippen LogP contribution in [0.5, 0.6) is 0 Å². The minimum Gasteiger partial charge on any atom is -0.387 e. The maximum atomic E-state index is 13.1. The monoisotopic (exact) mass is 1350 g/mol. The second kappa shape index (κ2) is 75.6. The molecule has 0 aliphatic carbocycles. The summed E-state index contributed by atoms with van der Waals surface area (Å²) in [5, 5.41) is 14.0. The van der Waals surface area contributed by atoms with E-state index in [0.29, 0.717) is 17.4 Å². The highest BCUT2D eigenvalue weighted by atomic mass is 31.2. The zero-order chi connectivity index (χ0) is 69.0. The number of nitrogens with zero attached hydrogens (tertiary/aromatic N) is 1. The molecule has 554 valence electrons. The van der Waals surface area contributed by atoms with E-state index in [1.54, 1.807) is 6.08 Å². The number of rotatable bonds is 76. The van der Waals surface area contributed by atoms with Gasteiger partial charge < -0.3 is 19.8 Å². The van der Waals surface area contributed by atoms with Gasteiger partial charge in [0.15, 0.2) is 0 Å². The molecule has 95 heavy (non-hydrogen) atoms. The van der Waals surface area contributed by atoms with E-state index >= 15 is 0 Å². The van der Waals surface area contributed by atoms with Crippen molar-refractivity contribution in [2.75, 3.05) is 40.9 Å². The molecular formula is C86H160N2O6P+. The van der Waals surface area contributed by atoms with Gasteiger partial charge in [-0.15, -0.1) is 0 Å². The Kier molecular flexibility index (Phi) is 73.6. The number of aliphatic hydroxyl groups excluding tert-OH is 1. The number of phosphoric ester groups is 1. The predicted octanol–water partition coefficient (Wildman–Crippen LogP) is 27.2. The highest BCUT2D eigenvalue weighted by Gasteiger charge is 2.28. The Labute approximate surface area is 591 Å². The minimum atomic E-state index is -4.37. The van der Waals surface area contributed by atoms with Crippen molar-refractivity contribution in [3.8, 4) is 0 Å². The van der Waals surface area contributed by atoms with E-state index in [4.69, 9.17) is 9.05 Å². The molecular weight excluding hydrogens is 1190 g/mol. The summed E-state index contributed by atoms with van der Waals surface area (Å²) < 4.78 is 23.9. The van der Waals surface area contributed by atoms with E-state index in [0.717, 1.165) is 77.0 Å². The van der Waals surface area contributed by atoms with E-state index in [2.05, 4.69) is 104 Å². The summed E-state index contributed by atoms with van der Waals surface area (Å²) in [5.41, 5.74) is 0. The summed E-state index contributed by atoms with van der Waals surface area (Å²) in [5.74, 6) is -0.181. The van der Waals surface area contributed by atoms with Gasteiger partial charge in [0.1, 0.15) is 13.2 Å². The van der Waals surface area contributed by atoms with Gasteiger partial charge in [0.2, 0.25) is 5.91 Å². The Morgan fingerprint density at radius 2 is 0.642 bits per heavy atom. The quantitative estimate of drug-likeness (QED) is 0.0243. The smallest absolute Gasteiger partial charge is 0.387 e. The number of quaternary nitrogens is 1. The molecule has 1 amide bonds. The number of unbranched alkanes of at least 4 members (excludes halogenated alkanes) is 49. The lowest BCUT2D eigenvalue weighted by Gasteiger charge is -2.25. The van der Waals surface area contributed by atoms with Crippen LogP contribution in [0, 0.1) is 0 Å². The van der Waals surface area contributed by atoms with Gasteiger partial charge in [-0.25, -0.2) is 4.57 Å². The molecule has 0 aliphatic rings.